The molecule has 0 unspecified atom stereocenters. The van der Waals surface area contributed by atoms with E-state index >= 15 is 0 Å². The molecule has 1 aliphatic rings. The molecule has 118 valence electrons. The van der Waals surface area contributed by atoms with Crippen molar-refractivity contribution in [1.29, 1.82) is 0 Å². The smallest absolute Gasteiger partial charge is 0.193 e. The van der Waals surface area contributed by atoms with Crippen LogP contribution in [-0.2, 0) is 6.42 Å². The van der Waals surface area contributed by atoms with Gasteiger partial charge in [0.25, 0.3) is 0 Å². The highest BCUT2D eigenvalue weighted by Gasteiger charge is 2.18. The van der Waals surface area contributed by atoms with Crippen molar-refractivity contribution < 1.29 is 4.42 Å². The van der Waals surface area contributed by atoms with E-state index in [-0.39, 0.29) is 0 Å². The summed E-state index contributed by atoms with van der Waals surface area (Å²) >= 11 is 0. The van der Waals surface area contributed by atoms with Crippen LogP contribution < -0.4 is 5.32 Å². The van der Waals surface area contributed by atoms with Gasteiger partial charge in [0.05, 0.1) is 6.26 Å². The van der Waals surface area contributed by atoms with Crippen LogP contribution >= 0.6 is 0 Å². The number of likely N-dealkylation sites (tertiary alicyclic amines) is 1. The molecule has 0 radical (unpaired) electrons. The highest BCUT2D eigenvalue weighted by molar-refractivity contribution is 5.80. The second kappa shape index (κ2) is 8.11. The lowest BCUT2D eigenvalue weighted by Crippen LogP contribution is -2.46. The zero-order valence-corrected chi connectivity index (χ0v) is 13.6. The predicted molar refractivity (Wildman–Crippen MR) is 87.5 cm³/mol. The maximum Gasteiger partial charge on any atom is 0.193 e. The normalized spacial score (nSPS) is 17.5. The van der Waals surface area contributed by atoms with E-state index in [4.69, 9.17) is 9.41 Å². The first kappa shape index (κ1) is 15.9. The van der Waals surface area contributed by atoms with E-state index in [0.717, 1.165) is 50.2 Å². The van der Waals surface area contributed by atoms with E-state index in [2.05, 4.69) is 31.0 Å². The molecule has 0 aliphatic carbocycles. The maximum atomic E-state index is 5.38. The van der Waals surface area contributed by atoms with Crippen molar-refractivity contribution in [2.45, 2.75) is 40.0 Å². The Balaban J connectivity index is 1.87. The van der Waals surface area contributed by atoms with Gasteiger partial charge < -0.3 is 14.6 Å². The van der Waals surface area contributed by atoms with Gasteiger partial charge in [-0.1, -0.05) is 20.8 Å². The van der Waals surface area contributed by atoms with Crippen LogP contribution in [0.15, 0.2) is 27.8 Å². The van der Waals surface area contributed by atoms with Crippen LogP contribution in [0.5, 0.6) is 0 Å². The lowest BCUT2D eigenvalue weighted by Gasteiger charge is -2.33. The molecule has 21 heavy (non-hydrogen) atoms. The topological polar surface area (TPSA) is 40.8 Å². The third kappa shape index (κ3) is 5.44. The molecule has 4 heteroatoms. The van der Waals surface area contributed by atoms with Crippen molar-refractivity contribution in [3.8, 4) is 0 Å². The van der Waals surface area contributed by atoms with Gasteiger partial charge in [0, 0.05) is 32.6 Å². The molecule has 2 rings (SSSR count). The Morgan fingerprint density at radius 3 is 2.81 bits per heavy atom. The zero-order chi connectivity index (χ0) is 15.1. The van der Waals surface area contributed by atoms with E-state index in [9.17, 15) is 0 Å². The third-order valence-corrected chi connectivity index (χ3v) is 3.92. The standard InChI is InChI=1S/C17H29N3O/c1-14(2)13-19-17(20-10-7-15(3)8-11-20)18-9-6-16-5-4-12-21-16/h4-5,12,14-15H,6-11,13H2,1-3H3,(H,18,19). The average Bonchev–Trinajstić information content (AvgIpc) is 2.97. The van der Waals surface area contributed by atoms with Crippen LogP contribution in [0.25, 0.3) is 0 Å². The Morgan fingerprint density at radius 1 is 1.43 bits per heavy atom. The second-order valence-electron chi connectivity index (χ2n) is 6.48. The van der Waals surface area contributed by atoms with Crippen LogP contribution in [0, 0.1) is 11.8 Å². The SMILES string of the molecule is CC(C)CN=C(NCCc1ccco1)N1CCC(C)CC1. The minimum Gasteiger partial charge on any atom is -0.469 e. The van der Waals surface area contributed by atoms with Crippen molar-refractivity contribution in [2.24, 2.45) is 16.8 Å². The van der Waals surface area contributed by atoms with E-state index < -0.39 is 0 Å². The minimum atomic E-state index is 0.593. The summed E-state index contributed by atoms with van der Waals surface area (Å²) in [5, 5.41) is 3.51. The predicted octanol–water partition coefficient (Wildman–Crippen LogP) is 3.16. The molecule has 1 saturated heterocycles. The third-order valence-electron chi connectivity index (χ3n) is 3.92. The van der Waals surface area contributed by atoms with Gasteiger partial charge in [-0.3, -0.25) is 4.99 Å². The first-order valence-corrected chi connectivity index (χ1v) is 8.20. The Bertz CT molecular complexity index is 417. The molecule has 0 bridgehead atoms. The first-order chi connectivity index (χ1) is 10.1. The molecule has 0 atom stereocenters. The highest BCUT2D eigenvalue weighted by Crippen LogP contribution is 2.16. The summed E-state index contributed by atoms with van der Waals surface area (Å²) in [6.45, 7) is 10.8. The van der Waals surface area contributed by atoms with Gasteiger partial charge in [0.1, 0.15) is 5.76 Å². The molecule has 1 aromatic rings. The fourth-order valence-electron chi connectivity index (χ4n) is 2.51. The monoisotopic (exact) mass is 291 g/mol. The number of hydrogen-bond acceptors (Lipinski definition) is 2. The molecule has 1 N–H and O–H groups in total. The molecule has 0 aromatic carbocycles. The van der Waals surface area contributed by atoms with Gasteiger partial charge in [-0.15, -0.1) is 0 Å². The number of piperidine rings is 1. The number of aliphatic imine (C=N–C) groups is 1. The number of nitrogens with one attached hydrogen (secondary N) is 1. The number of rotatable bonds is 5. The van der Waals surface area contributed by atoms with Crippen molar-refractivity contribution in [2.75, 3.05) is 26.2 Å². The van der Waals surface area contributed by atoms with Gasteiger partial charge in [-0.2, -0.15) is 0 Å². The van der Waals surface area contributed by atoms with Crippen LogP contribution in [0.3, 0.4) is 0 Å². The van der Waals surface area contributed by atoms with Crippen molar-refractivity contribution in [1.82, 2.24) is 10.2 Å². The van der Waals surface area contributed by atoms with Crippen LogP contribution in [0.1, 0.15) is 39.4 Å². The van der Waals surface area contributed by atoms with Crippen LogP contribution in [0.4, 0.5) is 0 Å². The summed E-state index contributed by atoms with van der Waals surface area (Å²) in [6, 6.07) is 3.96. The van der Waals surface area contributed by atoms with Gasteiger partial charge in [-0.25, -0.2) is 0 Å². The van der Waals surface area contributed by atoms with Crippen molar-refractivity contribution >= 4 is 5.96 Å². The molecule has 0 spiro atoms. The molecule has 2 heterocycles. The molecule has 1 aromatic heterocycles. The van der Waals surface area contributed by atoms with E-state index in [1.165, 1.54) is 12.8 Å². The molecular weight excluding hydrogens is 262 g/mol. The number of hydrogen-bond donors (Lipinski definition) is 1. The summed E-state index contributed by atoms with van der Waals surface area (Å²) in [5.41, 5.74) is 0. The van der Waals surface area contributed by atoms with Crippen LogP contribution in [0.2, 0.25) is 0 Å². The Labute approximate surface area is 128 Å². The van der Waals surface area contributed by atoms with Gasteiger partial charge >= 0.3 is 0 Å². The Morgan fingerprint density at radius 2 is 2.19 bits per heavy atom. The summed E-state index contributed by atoms with van der Waals surface area (Å²) in [4.78, 5) is 7.20. The fourth-order valence-corrected chi connectivity index (χ4v) is 2.51. The van der Waals surface area contributed by atoms with Gasteiger partial charge in [-0.05, 0) is 36.8 Å². The number of guanidine groups is 1. The summed E-state index contributed by atoms with van der Waals surface area (Å²) < 4.78 is 5.38. The van der Waals surface area contributed by atoms with Gasteiger partial charge in [0.2, 0.25) is 0 Å². The summed E-state index contributed by atoms with van der Waals surface area (Å²) in [7, 11) is 0. The second-order valence-corrected chi connectivity index (χ2v) is 6.48. The quantitative estimate of drug-likeness (QED) is 0.669. The lowest BCUT2D eigenvalue weighted by molar-refractivity contribution is 0.272. The highest BCUT2D eigenvalue weighted by atomic mass is 16.3. The van der Waals surface area contributed by atoms with Crippen molar-refractivity contribution in [3.63, 3.8) is 0 Å². The molecule has 1 fully saturated rings. The van der Waals surface area contributed by atoms with E-state index in [1.807, 2.05) is 12.1 Å². The van der Waals surface area contributed by atoms with E-state index in [1.54, 1.807) is 6.26 Å². The minimum absolute atomic E-state index is 0.593. The summed E-state index contributed by atoms with van der Waals surface area (Å²) in [5.74, 6) is 3.53. The van der Waals surface area contributed by atoms with Crippen LogP contribution in [-0.4, -0.2) is 37.0 Å². The van der Waals surface area contributed by atoms with Gasteiger partial charge in [0.15, 0.2) is 5.96 Å². The van der Waals surface area contributed by atoms with Crippen molar-refractivity contribution in [3.05, 3.63) is 24.2 Å². The average molecular weight is 291 g/mol. The maximum absolute atomic E-state index is 5.38. The summed E-state index contributed by atoms with van der Waals surface area (Å²) in [6.07, 6.45) is 5.16. The Hall–Kier alpha value is -1.45. The van der Waals surface area contributed by atoms with E-state index in [0.29, 0.717) is 5.92 Å². The molecular formula is C17H29N3O. The largest absolute Gasteiger partial charge is 0.469 e. The number of furan rings is 1. The molecule has 4 nitrogen and oxygen atoms in total. The fraction of sp³-hybridized carbons (Fsp3) is 0.706. The Kier molecular flexibility index (Phi) is 6.15. The molecule has 0 saturated carbocycles. The number of nitrogens with zero attached hydrogens (tertiary/aromatic N) is 2. The lowest BCUT2D eigenvalue weighted by atomic mass is 9.99. The molecule has 0 amide bonds. The molecule has 1 aliphatic heterocycles. The first-order valence-electron chi connectivity index (χ1n) is 8.20. The zero-order valence-electron chi connectivity index (χ0n) is 13.6.